The van der Waals surface area contributed by atoms with Crippen molar-refractivity contribution >= 4 is 5.78 Å². The highest BCUT2D eigenvalue weighted by Crippen LogP contribution is 2.44. The van der Waals surface area contributed by atoms with Crippen LogP contribution in [0.4, 0.5) is 0 Å². The third-order valence-electron chi connectivity index (χ3n) is 5.13. The Labute approximate surface area is 106 Å². The summed E-state index contributed by atoms with van der Waals surface area (Å²) < 4.78 is 0. The lowest BCUT2D eigenvalue weighted by molar-refractivity contribution is -0.129. The monoisotopic (exact) mass is 236 g/mol. The summed E-state index contributed by atoms with van der Waals surface area (Å²) in [6.07, 6.45) is 9.88. The van der Waals surface area contributed by atoms with Gasteiger partial charge in [-0.2, -0.15) is 0 Å². The van der Waals surface area contributed by atoms with Crippen LogP contribution in [0, 0.1) is 23.2 Å². The van der Waals surface area contributed by atoms with Gasteiger partial charge in [-0.15, -0.1) is 0 Å². The number of ketones is 1. The normalized spacial score (nSPS) is 32.8. The topological polar surface area (TPSA) is 17.1 Å². The Morgan fingerprint density at radius 2 is 1.65 bits per heavy atom. The van der Waals surface area contributed by atoms with E-state index in [4.69, 9.17) is 0 Å². The molecule has 2 rings (SSSR count). The van der Waals surface area contributed by atoms with Gasteiger partial charge >= 0.3 is 0 Å². The molecule has 0 bridgehead atoms. The van der Waals surface area contributed by atoms with Crippen molar-refractivity contribution in [3.63, 3.8) is 0 Å². The van der Waals surface area contributed by atoms with E-state index in [9.17, 15) is 4.79 Å². The molecule has 1 nitrogen and oxygen atoms in total. The SMILES string of the molecule is CC(C)(C)C1CCC(=O)C(C2CCCCC2)C1. The highest BCUT2D eigenvalue weighted by molar-refractivity contribution is 5.82. The van der Waals surface area contributed by atoms with E-state index in [1.807, 2.05) is 0 Å². The first-order valence-electron chi connectivity index (χ1n) is 7.51. The molecule has 2 aliphatic carbocycles. The number of rotatable bonds is 1. The zero-order valence-electron chi connectivity index (χ0n) is 11.8. The Hall–Kier alpha value is -0.330. The number of carbonyl (C=O) groups is 1. The number of Topliss-reactive ketones (excluding diaryl/α,β-unsaturated/α-hetero) is 1. The Kier molecular flexibility index (Phi) is 3.95. The maximum absolute atomic E-state index is 12.2. The average Bonchev–Trinajstić information content (AvgIpc) is 2.29. The summed E-state index contributed by atoms with van der Waals surface area (Å²) in [5.41, 5.74) is 0.383. The summed E-state index contributed by atoms with van der Waals surface area (Å²) in [6.45, 7) is 7.02. The second-order valence-electron chi connectivity index (χ2n) is 7.31. The maximum atomic E-state index is 12.2. The number of hydrogen-bond donors (Lipinski definition) is 0. The van der Waals surface area contributed by atoms with Crippen molar-refractivity contribution in [3.8, 4) is 0 Å². The lowest BCUT2D eigenvalue weighted by Gasteiger charge is -2.40. The molecule has 0 saturated heterocycles. The molecule has 1 heteroatoms. The zero-order valence-corrected chi connectivity index (χ0v) is 11.8. The van der Waals surface area contributed by atoms with Crippen LogP contribution in [-0.2, 0) is 4.79 Å². The summed E-state index contributed by atoms with van der Waals surface area (Å²) in [7, 11) is 0. The minimum atomic E-state index is 0.383. The van der Waals surface area contributed by atoms with E-state index in [0.717, 1.165) is 24.7 Å². The minimum absolute atomic E-state index is 0.383. The lowest BCUT2D eigenvalue weighted by atomic mass is 9.64. The molecular formula is C16H28O. The van der Waals surface area contributed by atoms with Crippen LogP contribution in [-0.4, -0.2) is 5.78 Å². The Morgan fingerprint density at radius 3 is 2.24 bits per heavy atom. The molecule has 0 aliphatic heterocycles. The number of hydrogen-bond acceptors (Lipinski definition) is 1. The Morgan fingerprint density at radius 1 is 1.00 bits per heavy atom. The molecule has 0 aromatic heterocycles. The second-order valence-corrected chi connectivity index (χ2v) is 7.31. The third kappa shape index (κ3) is 3.11. The molecule has 98 valence electrons. The van der Waals surface area contributed by atoms with Crippen molar-refractivity contribution in [2.45, 2.75) is 72.1 Å². The van der Waals surface area contributed by atoms with Gasteiger partial charge in [0, 0.05) is 12.3 Å². The molecule has 0 aromatic carbocycles. The van der Waals surface area contributed by atoms with E-state index >= 15 is 0 Å². The van der Waals surface area contributed by atoms with E-state index in [2.05, 4.69) is 20.8 Å². The lowest BCUT2D eigenvalue weighted by Crippen LogP contribution is -2.36. The molecule has 0 amide bonds. The highest BCUT2D eigenvalue weighted by Gasteiger charge is 2.38. The van der Waals surface area contributed by atoms with Crippen LogP contribution in [0.5, 0.6) is 0 Å². The largest absolute Gasteiger partial charge is 0.299 e. The van der Waals surface area contributed by atoms with Gasteiger partial charge in [-0.05, 0) is 42.9 Å². The van der Waals surface area contributed by atoms with Crippen LogP contribution in [0.1, 0.15) is 72.1 Å². The summed E-state index contributed by atoms with van der Waals surface area (Å²) >= 11 is 0. The van der Waals surface area contributed by atoms with Gasteiger partial charge in [0.05, 0.1) is 0 Å². The molecule has 0 heterocycles. The van der Waals surface area contributed by atoms with E-state index in [1.54, 1.807) is 0 Å². The quantitative estimate of drug-likeness (QED) is 0.650. The van der Waals surface area contributed by atoms with E-state index in [-0.39, 0.29) is 0 Å². The fourth-order valence-corrected chi connectivity index (χ4v) is 3.84. The standard InChI is InChI=1S/C16H28O/c1-16(2,3)13-9-10-15(17)14(11-13)12-7-5-4-6-8-12/h12-14H,4-11H2,1-3H3. The van der Waals surface area contributed by atoms with Crippen molar-refractivity contribution in [2.24, 2.45) is 23.2 Å². The summed E-state index contributed by atoms with van der Waals surface area (Å²) in [6, 6.07) is 0. The van der Waals surface area contributed by atoms with Gasteiger partial charge in [-0.25, -0.2) is 0 Å². The van der Waals surface area contributed by atoms with Crippen molar-refractivity contribution in [1.82, 2.24) is 0 Å². The van der Waals surface area contributed by atoms with Crippen molar-refractivity contribution in [3.05, 3.63) is 0 Å². The fraction of sp³-hybridized carbons (Fsp3) is 0.938. The van der Waals surface area contributed by atoms with Crippen LogP contribution in [0.2, 0.25) is 0 Å². The van der Waals surface area contributed by atoms with Gasteiger partial charge in [0.25, 0.3) is 0 Å². The number of carbonyl (C=O) groups excluding carboxylic acids is 1. The fourth-order valence-electron chi connectivity index (χ4n) is 3.84. The molecule has 2 unspecified atom stereocenters. The molecule has 2 atom stereocenters. The Balaban J connectivity index is 2.01. The molecule has 0 aromatic rings. The molecule has 0 spiro atoms. The molecular weight excluding hydrogens is 208 g/mol. The Bertz CT molecular complexity index is 268. The molecule has 2 aliphatic rings. The minimum Gasteiger partial charge on any atom is -0.299 e. The zero-order chi connectivity index (χ0) is 12.5. The van der Waals surface area contributed by atoms with Gasteiger partial charge in [-0.3, -0.25) is 4.79 Å². The molecule has 2 saturated carbocycles. The van der Waals surface area contributed by atoms with Crippen LogP contribution < -0.4 is 0 Å². The predicted molar refractivity (Wildman–Crippen MR) is 71.9 cm³/mol. The summed E-state index contributed by atoms with van der Waals surface area (Å²) in [4.78, 5) is 12.2. The molecule has 2 fully saturated rings. The van der Waals surface area contributed by atoms with Gasteiger partial charge in [-0.1, -0.05) is 40.0 Å². The van der Waals surface area contributed by atoms with Crippen molar-refractivity contribution in [1.29, 1.82) is 0 Å². The predicted octanol–water partition coefficient (Wildman–Crippen LogP) is 4.60. The first-order chi connectivity index (χ1) is 7.98. The van der Waals surface area contributed by atoms with Crippen molar-refractivity contribution in [2.75, 3.05) is 0 Å². The molecule has 0 N–H and O–H groups in total. The smallest absolute Gasteiger partial charge is 0.136 e. The molecule has 17 heavy (non-hydrogen) atoms. The highest BCUT2D eigenvalue weighted by atomic mass is 16.1. The third-order valence-corrected chi connectivity index (χ3v) is 5.13. The van der Waals surface area contributed by atoms with E-state index in [0.29, 0.717) is 17.1 Å². The van der Waals surface area contributed by atoms with Crippen molar-refractivity contribution < 1.29 is 4.79 Å². The van der Waals surface area contributed by atoms with E-state index in [1.165, 1.54) is 38.5 Å². The first-order valence-corrected chi connectivity index (χ1v) is 7.51. The van der Waals surface area contributed by atoms with Crippen LogP contribution in [0.25, 0.3) is 0 Å². The molecule has 0 radical (unpaired) electrons. The van der Waals surface area contributed by atoms with Gasteiger partial charge in [0.1, 0.15) is 5.78 Å². The van der Waals surface area contributed by atoms with Gasteiger partial charge < -0.3 is 0 Å². The first kappa shape index (κ1) is 13.1. The van der Waals surface area contributed by atoms with Gasteiger partial charge in [0.15, 0.2) is 0 Å². The summed E-state index contributed by atoms with van der Waals surface area (Å²) in [5.74, 6) is 2.47. The van der Waals surface area contributed by atoms with Crippen LogP contribution in [0.3, 0.4) is 0 Å². The second kappa shape index (κ2) is 5.12. The van der Waals surface area contributed by atoms with Gasteiger partial charge in [0.2, 0.25) is 0 Å². The maximum Gasteiger partial charge on any atom is 0.136 e. The van der Waals surface area contributed by atoms with E-state index < -0.39 is 0 Å². The average molecular weight is 236 g/mol. The summed E-state index contributed by atoms with van der Waals surface area (Å²) in [5, 5.41) is 0. The van der Waals surface area contributed by atoms with Crippen LogP contribution >= 0.6 is 0 Å². The van der Waals surface area contributed by atoms with Crippen LogP contribution in [0.15, 0.2) is 0 Å².